The van der Waals surface area contributed by atoms with Gasteiger partial charge in [-0.15, -0.1) is 11.6 Å². The first-order valence-electron chi connectivity index (χ1n) is 4.55. The van der Waals surface area contributed by atoms with E-state index >= 15 is 0 Å². The molecule has 0 aromatic heterocycles. The highest BCUT2D eigenvalue weighted by Crippen LogP contribution is 2.04. The average Bonchev–Trinajstić information content (AvgIpc) is 2.11. The quantitative estimate of drug-likeness (QED) is 0.662. The van der Waals surface area contributed by atoms with E-state index in [1.54, 1.807) is 6.92 Å². The first-order chi connectivity index (χ1) is 6.40. The number of rotatable bonds is 5. The minimum absolute atomic E-state index is 0.0148. The van der Waals surface area contributed by atoms with Crippen LogP contribution in [-0.4, -0.2) is 23.7 Å². The molecular formula is C9H17ClN2O2. The van der Waals surface area contributed by atoms with Gasteiger partial charge in [0.1, 0.15) is 6.04 Å². The number of carbonyl (C=O) groups is 2. The summed E-state index contributed by atoms with van der Waals surface area (Å²) in [4.78, 5) is 22.4. The van der Waals surface area contributed by atoms with Crippen LogP contribution < -0.4 is 11.1 Å². The first-order valence-corrected chi connectivity index (χ1v) is 5.09. The van der Waals surface area contributed by atoms with Gasteiger partial charge >= 0.3 is 0 Å². The fourth-order valence-corrected chi connectivity index (χ4v) is 1.07. The zero-order valence-electron chi connectivity index (χ0n) is 8.71. The van der Waals surface area contributed by atoms with Gasteiger partial charge in [0.25, 0.3) is 0 Å². The van der Waals surface area contributed by atoms with E-state index in [0.717, 1.165) is 0 Å². The van der Waals surface area contributed by atoms with Crippen molar-refractivity contribution >= 4 is 23.4 Å². The van der Waals surface area contributed by atoms with Crippen LogP contribution in [0.25, 0.3) is 0 Å². The Hall–Kier alpha value is -0.770. The molecule has 0 radical (unpaired) electrons. The molecule has 14 heavy (non-hydrogen) atoms. The molecule has 2 amide bonds. The zero-order chi connectivity index (χ0) is 11.3. The molecule has 0 fully saturated rings. The van der Waals surface area contributed by atoms with Crippen molar-refractivity contribution in [3.8, 4) is 0 Å². The Morgan fingerprint density at radius 3 is 2.14 bits per heavy atom. The van der Waals surface area contributed by atoms with E-state index in [0.29, 0.717) is 0 Å². The summed E-state index contributed by atoms with van der Waals surface area (Å²) < 4.78 is 0. The van der Waals surface area contributed by atoms with Crippen molar-refractivity contribution in [2.45, 2.75) is 26.8 Å². The largest absolute Gasteiger partial charge is 0.368 e. The van der Waals surface area contributed by atoms with E-state index in [1.807, 2.05) is 13.8 Å². The van der Waals surface area contributed by atoms with Crippen molar-refractivity contribution in [3.63, 3.8) is 0 Å². The second kappa shape index (κ2) is 5.86. The Bertz CT molecular complexity index is 219. The van der Waals surface area contributed by atoms with E-state index in [2.05, 4.69) is 5.32 Å². The molecule has 0 spiro atoms. The van der Waals surface area contributed by atoms with E-state index < -0.39 is 11.9 Å². The van der Waals surface area contributed by atoms with Gasteiger partial charge < -0.3 is 11.1 Å². The van der Waals surface area contributed by atoms with Crippen LogP contribution in [0.15, 0.2) is 0 Å². The smallest absolute Gasteiger partial charge is 0.240 e. The standard InChI is InChI=1S/C9H17ClN2O2/c1-5(2)7(8(11)13)12-9(14)6(3)4-10/h5-7H,4H2,1-3H3,(H2,11,13)(H,12,14). The van der Waals surface area contributed by atoms with Crippen LogP contribution in [0.5, 0.6) is 0 Å². The molecule has 2 unspecified atom stereocenters. The maximum Gasteiger partial charge on any atom is 0.240 e. The Morgan fingerprint density at radius 1 is 1.36 bits per heavy atom. The third-order valence-electron chi connectivity index (χ3n) is 1.95. The molecular weight excluding hydrogens is 204 g/mol. The van der Waals surface area contributed by atoms with Crippen molar-refractivity contribution < 1.29 is 9.59 Å². The highest BCUT2D eigenvalue weighted by Gasteiger charge is 2.23. The van der Waals surface area contributed by atoms with Crippen molar-refractivity contribution in [3.05, 3.63) is 0 Å². The predicted octanol–water partition coefficient (Wildman–Crippen LogP) is 0.487. The summed E-state index contributed by atoms with van der Waals surface area (Å²) in [5.41, 5.74) is 5.14. The fourth-order valence-electron chi connectivity index (χ4n) is 0.932. The molecule has 0 aromatic rings. The summed E-state index contributed by atoms with van der Waals surface area (Å²) in [6.45, 7) is 5.34. The summed E-state index contributed by atoms with van der Waals surface area (Å²) in [6.07, 6.45) is 0. The number of amides is 2. The third-order valence-corrected chi connectivity index (χ3v) is 2.41. The molecule has 0 saturated heterocycles. The Balaban J connectivity index is 4.31. The highest BCUT2D eigenvalue weighted by molar-refractivity contribution is 6.19. The Labute approximate surface area is 89.2 Å². The molecule has 82 valence electrons. The van der Waals surface area contributed by atoms with E-state index in [9.17, 15) is 9.59 Å². The van der Waals surface area contributed by atoms with Crippen molar-refractivity contribution in [1.82, 2.24) is 5.32 Å². The van der Waals surface area contributed by atoms with Crippen LogP contribution in [0, 0.1) is 11.8 Å². The number of nitrogens with one attached hydrogen (secondary N) is 1. The molecule has 0 saturated carbocycles. The molecule has 0 aliphatic rings. The van der Waals surface area contributed by atoms with Gasteiger partial charge in [-0.05, 0) is 5.92 Å². The minimum atomic E-state index is -0.617. The lowest BCUT2D eigenvalue weighted by molar-refractivity contribution is -0.130. The lowest BCUT2D eigenvalue weighted by Gasteiger charge is -2.20. The van der Waals surface area contributed by atoms with Crippen molar-refractivity contribution in [2.24, 2.45) is 17.6 Å². The molecule has 0 rings (SSSR count). The molecule has 4 nitrogen and oxygen atoms in total. The highest BCUT2D eigenvalue weighted by atomic mass is 35.5. The molecule has 3 N–H and O–H groups in total. The van der Waals surface area contributed by atoms with Gasteiger partial charge in [-0.25, -0.2) is 0 Å². The Kier molecular flexibility index (Phi) is 5.53. The van der Waals surface area contributed by atoms with Gasteiger partial charge in [0.15, 0.2) is 0 Å². The number of primary amides is 1. The lowest BCUT2D eigenvalue weighted by atomic mass is 10.0. The maximum absolute atomic E-state index is 11.4. The summed E-state index contributed by atoms with van der Waals surface area (Å²) >= 11 is 5.51. The van der Waals surface area contributed by atoms with Crippen LogP contribution >= 0.6 is 11.6 Å². The van der Waals surface area contributed by atoms with Crippen LogP contribution in [0.1, 0.15) is 20.8 Å². The van der Waals surface area contributed by atoms with Gasteiger partial charge in [-0.2, -0.15) is 0 Å². The molecule has 5 heteroatoms. The van der Waals surface area contributed by atoms with E-state index in [4.69, 9.17) is 17.3 Å². The van der Waals surface area contributed by atoms with Crippen LogP contribution in [0.4, 0.5) is 0 Å². The number of alkyl halides is 1. The van der Waals surface area contributed by atoms with Gasteiger partial charge in [0, 0.05) is 11.8 Å². The fraction of sp³-hybridized carbons (Fsp3) is 0.778. The summed E-state index contributed by atoms with van der Waals surface area (Å²) in [5, 5.41) is 2.57. The number of hydrogen-bond donors (Lipinski definition) is 2. The number of nitrogens with two attached hydrogens (primary N) is 1. The second-order valence-electron chi connectivity index (χ2n) is 3.69. The third kappa shape index (κ3) is 3.96. The monoisotopic (exact) mass is 220 g/mol. The van der Waals surface area contributed by atoms with Gasteiger partial charge in [0.05, 0.1) is 0 Å². The van der Waals surface area contributed by atoms with Crippen LogP contribution in [0.3, 0.4) is 0 Å². The normalized spacial score (nSPS) is 14.9. The molecule has 0 aliphatic heterocycles. The van der Waals surface area contributed by atoms with Crippen LogP contribution in [-0.2, 0) is 9.59 Å². The number of carbonyl (C=O) groups excluding carboxylic acids is 2. The topological polar surface area (TPSA) is 72.2 Å². The average molecular weight is 221 g/mol. The summed E-state index contributed by atoms with van der Waals surface area (Å²) in [5.74, 6) is -0.848. The van der Waals surface area contributed by atoms with E-state index in [1.165, 1.54) is 0 Å². The molecule has 0 aromatic carbocycles. The second-order valence-corrected chi connectivity index (χ2v) is 4.00. The molecule has 0 aliphatic carbocycles. The van der Waals surface area contributed by atoms with Gasteiger partial charge in [0.2, 0.25) is 11.8 Å². The van der Waals surface area contributed by atoms with Crippen molar-refractivity contribution in [2.75, 3.05) is 5.88 Å². The van der Waals surface area contributed by atoms with Gasteiger partial charge in [-0.1, -0.05) is 20.8 Å². The number of halogens is 1. The predicted molar refractivity (Wildman–Crippen MR) is 55.8 cm³/mol. The zero-order valence-corrected chi connectivity index (χ0v) is 9.47. The lowest BCUT2D eigenvalue weighted by Crippen LogP contribution is -2.49. The first kappa shape index (κ1) is 13.2. The summed E-state index contributed by atoms with van der Waals surface area (Å²) in [6, 6.07) is -0.617. The van der Waals surface area contributed by atoms with Gasteiger partial charge in [-0.3, -0.25) is 9.59 Å². The molecule has 0 heterocycles. The molecule has 0 bridgehead atoms. The van der Waals surface area contributed by atoms with Crippen LogP contribution in [0.2, 0.25) is 0 Å². The maximum atomic E-state index is 11.4. The minimum Gasteiger partial charge on any atom is -0.368 e. The SMILES string of the molecule is CC(CCl)C(=O)NC(C(N)=O)C(C)C. The number of hydrogen-bond acceptors (Lipinski definition) is 2. The van der Waals surface area contributed by atoms with Crippen molar-refractivity contribution in [1.29, 1.82) is 0 Å². The van der Waals surface area contributed by atoms with E-state index in [-0.39, 0.29) is 23.6 Å². The Morgan fingerprint density at radius 2 is 1.86 bits per heavy atom. The molecule has 2 atom stereocenters. The summed E-state index contributed by atoms with van der Waals surface area (Å²) in [7, 11) is 0.